The minimum atomic E-state index is -0.803. The third-order valence-corrected chi connectivity index (χ3v) is 4.21. The van der Waals surface area contributed by atoms with Gasteiger partial charge in [0.15, 0.2) is 0 Å². The number of amides is 1. The number of methoxy groups -OCH3 is 1. The molecule has 0 fully saturated rings. The van der Waals surface area contributed by atoms with Crippen LogP contribution in [0, 0.1) is 0 Å². The molecule has 0 saturated heterocycles. The third kappa shape index (κ3) is 1.70. The highest BCUT2D eigenvalue weighted by atomic mass is 35.5. The molecule has 1 atom stereocenters. The van der Waals surface area contributed by atoms with E-state index in [4.69, 9.17) is 16.3 Å². The Morgan fingerprint density at radius 1 is 1.15 bits per heavy atom. The van der Waals surface area contributed by atoms with Crippen LogP contribution in [0.15, 0.2) is 42.5 Å². The fraction of sp³-hybridized carbons (Fsp3) is 0.188. The molecule has 0 radical (unpaired) electrons. The van der Waals surface area contributed by atoms with Gasteiger partial charge in [0, 0.05) is 10.7 Å². The van der Waals surface area contributed by atoms with Crippen LogP contribution in [0.25, 0.3) is 0 Å². The Morgan fingerprint density at radius 2 is 1.90 bits per heavy atom. The molecule has 0 saturated carbocycles. The molecule has 3 rings (SSSR count). The maximum Gasteiger partial charge on any atom is 0.239 e. The van der Waals surface area contributed by atoms with Crippen molar-refractivity contribution in [2.75, 3.05) is 12.4 Å². The average Bonchev–Trinajstić information content (AvgIpc) is 2.71. The van der Waals surface area contributed by atoms with E-state index in [2.05, 4.69) is 5.32 Å². The zero-order valence-electron chi connectivity index (χ0n) is 11.2. The molecule has 0 aliphatic carbocycles. The molecule has 1 heterocycles. The maximum atomic E-state index is 12.5. The molecule has 1 aliphatic rings. The summed E-state index contributed by atoms with van der Waals surface area (Å²) in [6.45, 7) is 1.88. The van der Waals surface area contributed by atoms with E-state index in [1.165, 1.54) is 0 Å². The highest BCUT2D eigenvalue weighted by Crippen LogP contribution is 2.45. The number of anilines is 1. The second-order valence-corrected chi connectivity index (χ2v) is 5.38. The van der Waals surface area contributed by atoms with Crippen LogP contribution in [-0.2, 0) is 10.2 Å². The van der Waals surface area contributed by atoms with Gasteiger partial charge in [-0.15, -0.1) is 0 Å². The molecular formula is C16H14ClNO2. The lowest BCUT2D eigenvalue weighted by molar-refractivity contribution is -0.119. The van der Waals surface area contributed by atoms with Crippen molar-refractivity contribution in [1.29, 1.82) is 0 Å². The van der Waals surface area contributed by atoms with Gasteiger partial charge < -0.3 is 10.1 Å². The summed E-state index contributed by atoms with van der Waals surface area (Å²) >= 11 is 6.29. The minimum Gasteiger partial charge on any atom is -0.497 e. The first-order chi connectivity index (χ1) is 9.57. The molecule has 102 valence electrons. The van der Waals surface area contributed by atoms with Crippen LogP contribution in [0.5, 0.6) is 5.75 Å². The van der Waals surface area contributed by atoms with Crippen LogP contribution in [0.2, 0.25) is 5.02 Å². The Hall–Kier alpha value is -2.00. The van der Waals surface area contributed by atoms with Gasteiger partial charge in [-0.3, -0.25) is 4.79 Å². The molecule has 3 nitrogen and oxygen atoms in total. The normalized spacial score (nSPS) is 20.4. The first-order valence-electron chi connectivity index (χ1n) is 6.32. The van der Waals surface area contributed by atoms with Crippen molar-refractivity contribution in [3.63, 3.8) is 0 Å². The molecule has 0 aromatic heterocycles. The van der Waals surface area contributed by atoms with E-state index in [1.54, 1.807) is 13.2 Å². The van der Waals surface area contributed by atoms with E-state index in [-0.39, 0.29) is 5.91 Å². The van der Waals surface area contributed by atoms with Crippen molar-refractivity contribution in [2.24, 2.45) is 0 Å². The van der Waals surface area contributed by atoms with E-state index in [1.807, 2.05) is 43.3 Å². The average molecular weight is 288 g/mol. The molecule has 1 N–H and O–H groups in total. The molecule has 1 amide bonds. The number of halogens is 1. The summed E-state index contributed by atoms with van der Waals surface area (Å²) < 4.78 is 5.26. The molecule has 2 aromatic rings. The summed E-state index contributed by atoms with van der Waals surface area (Å²) in [5.41, 5.74) is 1.68. The highest BCUT2D eigenvalue weighted by molar-refractivity contribution is 6.32. The number of ether oxygens (including phenoxy) is 1. The second-order valence-electron chi connectivity index (χ2n) is 4.97. The first-order valence-corrected chi connectivity index (χ1v) is 6.70. The SMILES string of the molecule is COc1ccc2c(c1)C(C)(c1ccccc1Cl)C(=O)N2. The van der Waals surface area contributed by atoms with Gasteiger partial charge in [0.1, 0.15) is 5.75 Å². The van der Waals surface area contributed by atoms with Gasteiger partial charge in [0.05, 0.1) is 12.5 Å². The number of nitrogens with one attached hydrogen (secondary N) is 1. The third-order valence-electron chi connectivity index (χ3n) is 3.88. The Kier molecular flexibility index (Phi) is 2.94. The fourth-order valence-electron chi connectivity index (χ4n) is 2.68. The monoisotopic (exact) mass is 287 g/mol. The molecule has 4 heteroatoms. The number of fused-ring (bicyclic) bond motifs is 1. The van der Waals surface area contributed by atoms with Gasteiger partial charge in [0.25, 0.3) is 0 Å². The Bertz CT molecular complexity index is 699. The van der Waals surface area contributed by atoms with Crippen LogP contribution < -0.4 is 10.1 Å². The van der Waals surface area contributed by atoms with Crippen LogP contribution in [0.1, 0.15) is 18.1 Å². The lowest BCUT2D eigenvalue weighted by Crippen LogP contribution is -2.32. The topological polar surface area (TPSA) is 38.3 Å². The van der Waals surface area contributed by atoms with E-state index < -0.39 is 5.41 Å². The highest BCUT2D eigenvalue weighted by Gasteiger charge is 2.45. The summed E-state index contributed by atoms with van der Waals surface area (Å²) in [5.74, 6) is 0.646. The van der Waals surface area contributed by atoms with Gasteiger partial charge in [-0.1, -0.05) is 29.8 Å². The molecule has 2 aromatic carbocycles. The predicted molar refractivity (Wildman–Crippen MR) is 79.5 cm³/mol. The van der Waals surface area contributed by atoms with Crippen molar-refractivity contribution >= 4 is 23.2 Å². The van der Waals surface area contributed by atoms with Crippen molar-refractivity contribution in [1.82, 2.24) is 0 Å². The first kappa shape index (κ1) is 13.0. The Labute approximate surface area is 122 Å². The van der Waals surface area contributed by atoms with Gasteiger partial charge >= 0.3 is 0 Å². The van der Waals surface area contributed by atoms with Crippen molar-refractivity contribution < 1.29 is 9.53 Å². The van der Waals surface area contributed by atoms with E-state index in [0.29, 0.717) is 5.02 Å². The fourth-order valence-corrected chi connectivity index (χ4v) is 3.00. The molecule has 0 bridgehead atoms. The summed E-state index contributed by atoms with van der Waals surface area (Å²) in [6.07, 6.45) is 0. The van der Waals surface area contributed by atoms with Gasteiger partial charge in [0.2, 0.25) is 5.91 Å². The summed E-state index contributed by atoms with van der Waals surface area (Å²) in [6, 6.07) is 13.0. The molecule has 0 spiro atoms. The van der Waals surface area contributed by atoms with Gasteiger partial charge in [-0.2, -0.15) is 0 Å². The van der Waals surface area contributed by atoms with E-state index in [9.17, 15) is 4.79 Å². The predicted octanol–water partition coefficient (Wildman–Crippen LogP) is 3.61. The quantitative estimate of drug-likeness (QED) is 0.916. The van der Waals surface area contributed by atoms with Crippen LogP contribution in [-0.4, -0.2) is 13.0 Å². The summed E-state index contributed by atoms with van der Waals surface area (Å²) in [5, 5.41) is 3.50. The second kappa shape index (κ2) is 4.53. The van der Waals surface area contributed by atoms with Gasteiger partial charge in [-0.05, 0) is 42.3 Å². The number of benzene rings is 2. The smallest absolute Gasteiger partial charge is 0.239 e. The molecule has 1 unspecified atom stereocenters. The number of rotatable bonds is 2. The molecule has 20 heavy (non-hydrogen) atoms. The standard InChI is InChI=1S/C16H14ClNO2/c1-16(11-5-3-4-6-13(11)17)12-9-10(20-2)7-8-14(12)18-15(16)19/h3-9H,1-2H3,(H,18,19). The van der Waals surface area contributed by atoms with E-state index >= 15 is 0 Å². The Balaban J connectivity index is 2.25. The lowest BCUT2D eigenvalue weighted by atomic mass is 9.77. The number of hydrogen-bond acceptors (Lipinski definition) is 2. The van der Waals surface area contributed by atoms with Crippen molar-refractivity contribution in [3.8, 4) is 5.75 Å². The van der Waals surface area contributed by atoms with Crippen LogP contribution in [0.4, 0.5) is 5.69 Å². The zero-order chi connectivity index (χ0) is 14.3. The minimum absolute atomic E-state index is 0.0751. The van der Waals surface area contributed by atoms with Crippen LogP contribution in [0.3, 0.4) is 0 Å². The summed E-state index contributed by atoms with van der Waals surface area (Å²) in [4.78, 5) is 12.5. The number of carbonyl (C=O) groups excluding carboxylic acids is 1. The molecular weight excluding hydrogens is 274 g/mol. The van der Waals surface area contributed by atoms with Crippen LogP contribution >= 0.6 is 11.6 Å². The largest absolute Gasteiger partial charge is 0.497 e. The van der Waals surface area contributed by atoms with Gasteiger partial charge in [-0.25, -0.2) is 0 Å². The zero-order valence-corrected chi connectivity index (χ0v) is 12.0. The van der Waals surface area contributed by atoms with E-state index in [0.717, 1.165) is 22.6 Å². The van der Waals surface area contributed by atoms with Crippen molar-refractivity contribution in [2.45, 2.75) is 12.3 Å². The number of hydrogen-bond donors (Lipinski definition) is 1. The Morgan fingerprint density at radius 3 is 2.60 bits per heavy atom. The molecule has 1 aliphatic heterocycles. The summed E-state index contributed by atoms with van der Waals surface area (Å²) in [7, 11) is 1.61. The van der Waals surface area contributed by atoms with Crippen molar-refractivity contribution in [3.05, 3.63) is 58.6 Å². The number of carbonyl (C=O) groups is 1. The maximum absolute atomic E-state index is 12.5. The lowest BCUT2D eigenvalue weighted by Gasteiger charge is -2.24.